The number of hydrogen-bond donors (Lipinski definition) is 1. The van der Waals surface area contributed by atoms with Crippen LogP contribution in [0.4, 0.5) is 5.95 Å². The average molecular weight is 285 g/mol. The highest BCUT2D eigenvalue weighted by Gasteiger charge is 2.33. The van der Waals surface area contributed by atoms with Crippen molar-refractivity contribution in [2.75, 3.05) is 24.5 Å². The molecule has 112 valence electrons. The number of rotatable bonds is 4. The molecule has 0 amide bonds. The molecule has 2 aliphatic rings. The topological polar surface area (TPSA) is 45.5 Å². The summed E-state index contributed by atoms with van der Waals surface area (Å²) in [4.78, 5) is 7.18. The van der Waals surface area contributed by atoms with E-state index in [9.17, 15) is 0 Å². The first-order valence-electron chi connectivity index (χ1n) is 8.10. The average Bonchev–Trinajstić information content (AvgIpc) is 3.25. The SMILES string of the molecule is Cc1ccc2nc(N(CC3CCCNC3)C3CC3)nn2c1. The van der Waals surface area contributed by atoms with Crippen molar-refractivity contribution in [1.29, 1.82) is 0 Å². The minimum absolute atomic E-state index is 0.658. The maximum absolute atomic E-state index is 4.74. The molecule has 2 aromatic heterocycles. The van der Waals surface area contributed by atoms with E-state index in [1.807, 2.05) is 4.52 Å². The summed E-state index contributed by atoms with van der Waals surface area (Å²) in [6.07, 6.45) is 7.24. The number of anilines is 1. The number of fused-ring (bicyclic) bond motifs is 1. The molecule has 1 aliphatic heterocycles. The molecule has 2 aromatic rings. The van der Waals surface area contributed by atoms with Gasteiger partial charge in [-0.3, -0.25) is 0 Å². The number of nitrogens with zero attached hydrogens (tertiary/aromatic N) is 4. The molecule has 1 aliphatic carbocycles. The van der Waals surface area contributed by atoms with Crippen LogP contribution in [-0.4, -0.2) is 40.3 Å². The van der Waals surface area contributed by atoms with Crippen LogP contribution < -0.4 is 10.2 Å². The summed E-state index contributed by atoms with van der Waals surface area (Å²) < 4.78 is 1.92. The van der Waals surface area contributed by atoms with Crippen molar-refractivity contribution in [3.05, 3.63) is 23.9 Å². The van der Waals surface area contributed by atoms with Crippen molar-refractivity contribution in [1.82, 2.24) is 19.9 Å². The van der Waals surface area contributed by atoms with E-state index in [4.69, 9.17) is 10.1 Å². The normalized spacial score (nSPS) is 22.6. The predicted molar refractivity (Wildman–Crippen MR) is 83.7 cm³/mol. The molecule has 21 heavy (non-hydrogen) atoms. The van der Waals surface area contributed by atoms with Crippen LogP contribution in [0.5, 0.6) is 0 Å². The Labute approximate surface area is 125 Å². The third-order valence-corrected chi connectivity index (χ3v) is 4.57. The van der Waals surface area contributed by atoms with Crippen molar-refractivity contribution in [3.8, 4) is 0 Å². The highest BCUT2D eigenvalue weighted by molar-refractivity contribution is 5.46. The molecule has 1 atom stereocenters. The maximum Gasteiger partial charge on any atom is 0.245 e. The van der Waals surface area contributed by atoms with Crippen LogP contribution in [0, 0.1) is 12.8 Å². The molecule has 1 unspecified atom stereocenters. The van der Waals surface area contributed by atoms with Gasteiger partial charge in [0.15, 0.2) is 5.65 Å². The third kappa shape index (κ3) is 2.75. The summed E-state index contributed by atoms with van der Waals surface area (Å²) in [5.41, 5.74) is 2.16. The Hall–Kier alpha value is -1.62. The summed E-state index contributed by atoms with van der Waals surface area (Å²) in [6, 6.07) is 4.81. The largest absolute Gasteiger partial charge is 0.336 e. The summed E-state index contributed by atoms with van der Waals surface area (Å²) in [7, 11) is 0. The van der Waals surface area contributed by atoms with E-state index in [2.05, 4.69) is 35.5 Å². The van der Waals surface area contributed by atoms with Crippen LogP contribution in [0.2, 0.25) is 0 Å². The molecule has 0 aromatic carbocycles. The molecule has 0 radical (unpaired) electrons. The highest BCUT2D eigenvalue weighted by Crippen LogP contribution is 2.31. The van der Waals surface area contributed by atoms with Gasteiger partial charge in [0.05, 0.1) is 0 Å². The summed E-state index contributed by atoms with van der Waals surface area (Å²) >= 11 is 0. The number of hydrogen-bond acceptors (Lipinski definition) is 4. The zero-order valence-electron chi connectivity index (χ0n) is 12.6. The molecule has 2 fully saturated rings. The minimum atomic E-state index is 0.658. The molecule has 0 bridgehead atoms. The first-order valence-corrected chi connectivity index (χ1v) is 8.10. The molecule has 1 saturated carbocycles. The van der Waals surface area contributed by atoms with Gasteiger partial charge in [0, 0.05) is 18.8 Å². The van der Waals surface area contributed by atoms with Crippen LogP contribution in [0.15, 0.2) is 18.3 Å². The zero-order chi connectivity index (χ0) is 14.2. The predicted octanol–water partition coefficient (Wildman–Crippen LogP) is 2.01. The number of aryl methyl sites for hydroxylation is 1. The van der Waals surface area contributed by atoms with Gasteiger partial charge >= 0.3 is 0 Å². The molecule has 4 rings (SSSR count). The minimum Gasteiger partial charge on any atom is -0.336 e. The van der Waals surface area contributed by atoms with E-state index in [1.54, 1.807) is 0 Å². The van der Waals surface area contributed by atoms with Crippen molar-refractivity contribution < 1.29 is 0 Å². The van der Waals surface area contributed by atoms with Gasteiger partial charge in [0.25, 0.3) is 0 Å². The van der Waals surface area contributed by atoms with Gasteiger partial charge in [-0.05, 0) is 63.2 Å². The Balaban J connectivity index is 1.59. The quantitative estimate of drug-likeness (QED) is 0.933. The van der Waals surface area contributed by atoms with E-state index in [0.29, 0.717) is 6.04 Å². The molecule has 1 saturated heterocycles. The van der Waals surface area contributed by atoms with E-state index in [0.717, 1.165) is 30.6 Å². The lowest BCUT2D eigenvalue weighted by molar-refractivity contribution is 0.374. The van der Waals surface area contributed by atoms with Crippen LogP contribution in [0.1, 0.15) is 31.2 Å². The van der Waals surface area contributed by atoms with E-state index in [-0.39, 0.29) is 0 Å². The van der Waals surface area contributed by atoms with Crippen molar-refractivity contribution in [3.63, 3.8) is 0 Å². The fourth-order valence-electron chi connectivity index (χ4n) is 3.23. The van der Waals surface area contributed by atoms with Gasteiger partial charge in [-0.15, -0.1) is 5.10 Å². The standard InChI is InChI=1S/C16H23N5/c1-12-4-7-15-18-16(19-21(15)10-12)20(14-5-6-14)11-13-3-2-8-17-9-13/h4,7,10,13-14,17H,2-3,5-6,8-9,11H2,1H3. The summed E-state index contributed by atoms with van der Waals surface area (Å²) in [5.74, 6) is 1.64. The highest BCUT2D eigenvalue weighted by atomic mass is 15.4. The maximum atomic E-state index is 4.74. The molecule has 5 nitrogen and oxygen atoms in total. The van der Waals surface area contributed by atoms with E-state index in [1.165, 1.54) is 37.8 Å². The van der Waals surface area contributed by atoms with Crippen molar-refractivity contribution in [2.24, 2.45) is 5.92 Å². The van der Waals surface area contributed by atoms with Gasteiger partial charge in [0.2, 0.25) is 5.95 Å². The Morgan fingerprint density at radius 2 is 2.24 bits per heavy atom. The second kappa shape index (κ2) is 5.30. The van der Waals surface area contributed by atoms with E-state index < -0.39 is 0 Å². The van der Waals surface area contributed by atoms with Gasteiger partial charge in [-0.25, -0.2) is 4.52 Å². The van der Waals surface area contributed by atoms with Crippen molar-refractivity contribution in [2.45, 2.75) is 38.6 Å². The second-order valence-corrected chi connectivity index (χ2v) is 6.52. The first-order chi connectivity index (χ1) is 10.3. The third-order valence-electron chi connectivity index (χ3n) is 4.57. The molecule has 3 heterocycles. The zero-order valence-corrected chi connectivity index (χ0v) is 12.6. The molecule has 1 N–H and O–H groups in total. The lowest BCUT2D eigenvalue weighted by Crippen LogP contribution is -2.39. The first kappa shape index (κ1) is 13.1. The number of nitrogens with one attached hydrogen (secondary N) is 1. The monoisotopic (exact) mass is 285 g/mol. The van der Waals surface area contributed by atoms with Crippen molar-refractivity contribution >= 4 is 11.6 Å². The summed E-state index contributed by atoms with van der Waals surface area (Å²) in [5, 5.41) is 8.22. The van der Waals surface area contributed by atoms with Crippen LogP contribution >= 0.6 is 0 Å². The Morgan fingerprint density at radius 3 is 3.00 bits per heavy atom. The van der Waals surface area contributed by atoms with E-state index >= 15 is 0 Å². The lowest BCUT2D eigenvalue weighted by atomic mass is 9.99. The fraction of sp³-hybridized carbons (Fsp3) is 0.625. The van der Waals surface area contributed by atoms with Crippen LogP contribution in [0.25, 0.3) is 5.65 Å². The molecule has 5 heteroatoms. The number of pyridine rings is 1. The van der Waals surface area contributed by atoms with Crippen LogP contribution in [-0.2, 0) is 0 Å². The number of aromatic nitrogens is 3. The molecular formula is C16H23N5. The summed E-state index contributed by atoms with van der Waals surface area (Å²) in [6.45, 7) is 5.49. The fourth-order valence-corrected chi connectivity index (χ4v) is 3.23. The van der Waals surface area contributed by atoms with Crippen LogP contribution in [0.3, 0.4) is 0 Å². The van der Waals surface area contributed by atoms with Gasteiger partial charge < -0.3 is 10.2 Å². The Kier molecular flexibility index (Phi) is 3.30. The van der Waals surface area contributed by atoms with Gasteiger partial charge in [-0.2, -0.15) is 4.98 Å². The lowest BCUT2D eigenvalue weighted by Gasteiger charge is -2.29. The molecule has 0 spiro atoms. The Morgan fingerprint density at radius 1 is 1.33 bits per heavy atom. The Bertz CT molecular complexity index is 625. The second-order valence-electron chi connectivity index (χ2n) is 6.52. The molecular weight excluding hydrogens is 262 g/mol. The van der Waals surface area contributed by atoms with Gasteiger partial charge in [0.1, 0.15) is 0 Å². The van der Waals surface area contributed by atoms with Gasteiger partial charge in [-0.1, -0.05) is 6.07 Å². The smallest absolute Gasteiger partial charge is 0.245 e. The number of piperidine rings is 1.